The molecular weight excluding hydrogens is 232 g/mol. The van der Waals surface area contributed by atoms with E-state index in [0.29, 0.717) is 16.3 Å². The summed E-state index contributed by atoms with van der Waals surface area (Å²) < 4.78 is 5.11. The van der Waals surface area contributed by atoms with Crippen molar-refractivity contribution in [1.29, 1.82) is 0 Å². The first-order chi connectivity index (χ1) is 7.63. The number of rotatable bonds is 2. The van der Waals surface area contributed by atoms with Crippen LogP contribution in [0.1, 0.15) is 11.6 Å². The fraction of sp³-hybridized carbons (Fsp3) is 0.200. The van der Waals surface area contributed by atoms with Crippen LogP contribution in [0, 0.1) is 0 Å². The van der Waals surface area contributed by atoms with E-state index < -0.39 is 18.0 Å². The SMILES string of the molecule is COc1cccc(Cl)c1C1NC(=O)NC1=O. The highest BCUT2D eigenvalue weighted by atomic mass is 35.5. The van der Waals surface area contributed by atoms with Crippen molar-refractivity contribution < 1.29 is 14.3 Å². The number of urea groups is 1. The van der Waals surface area contributed by atoms with Gasteiger partial charge in [0.15, 0.2) is 0 Å². The number of hydrogen-bond acceptors (Lipinski definition) is 3. The van der Waals surface area contributed by atoms with Gasteiger partial charge >= 0.3 is 6.03 Å². The van der Waals surface area contributed by atoms with E-state index in [1.165, 1.54) is 7.11 Å². The molecule has 3 amide bonds. The molecule has 6 heteroatoms. The maximum absolute atomic E-state index is 11.5. The van der Waals surface area contributed by atoms with E-state index in [2.05, 4.69) is 10.6 Å². The summed E-state index contributed by atoms with van der Waals surface area (Å²) in [6.07, 6.45) is 0. The van der Waals surface area contributed by atoms with Crippen LogP contribution in [0.3, 0.4) is 0 Å². The molecule has 0 radical (unpaired) electrons. The first kappa shape index (κ1) is 10.8. The normalized spacial score (nSPS) is 19.2. The van der Waals surface area contributed by atoms with E-state index in [-0.39, 0.29) is 0 Å². The lowest BCUT2D eigenvalue weighted by Gasteiger charge is -2.13. The van der Waals surface area contributed by atoms with Gasteiger partial charge in [-0.25, -0.2) is 4.79 Å². The second-order valence-corrected chi connectivity index (χ2v) is 3.66. The zero-order valence-electron chi connectivity index (χ0n) is 8.41. The van der Waals surface area contributed by atoms with Crippen LogP contribution in [0.25, 0.3) is 0 Å². The molecule has 84 valence electrons. The van der Waals surface area contributed by atoms with Crippen molar-refractivity contribution in [3.05, 3.63) is 28.8 Å². The molecule has 16 heavy (non-hydrogen) atoms. The van der Waals surface area contributed by atoms with Gasteiger partial charge in [-0.2, -0.15) is 0 Å². The molecule has 5 nitrogen and oxygen atoms in total. The molecular formula is C10H9ClN2O3. The van der Waals surface area contributed by atoms with Crippen LogP contribution in [0.15, 0.2) is 18.2 Å². The summed E-state index contributed by atoms with van der Waals surface area (Å²) in [4.78, 5) is 22.5. The van der Waals surface area contributed by atoms with E-state index >= 15 is 0 Å². The monoisotopic (exact) mass is 240 g/mol. The van der Waals surface area contributed by atoms with Crippen LogP contribution in [-0.2, 0) is 4.79 Å². The number of methoxy groups -OCH3 is 1. The summed E-state index contributed by atoms with van der Waals surface area (Å²) in [5.41, 5.74) is 0.468. The molecule has 1 saturated heterocycles. The predicted octanol–water partition coefficient (Wildman–Crippen LogP) is 1.23. The third kappa shape index (κ3) is 1.69. The number of amides is 3. The number of hydrogen-bond donors (Lipinski definition) is 2. The van der Waals surface area contributed by atoms with E-state index in [1.807, 2.05) is 0 Å². The van der Waals surface area contributed by atoms with E-state index in [4.69, 9.17) is 16.3 Å². The maximum atomic E-state index is 11.5. The van der Waals surface area contributed by atoms with E-state index in [1.54, 1.807) is 18.2 Å². The molecule has 2 N–H and O–H groups in total. The van der Waals surface area contributed by atoms with Gasteiger partial charge in [0, 0.05) is 5.56 Å². The maximum Gasteiger partial charge on any atom is 0.322 e. The third-order valence-electron chi connectivity index (χ3n) is 2.30. The van der Waals surface area contributed by atoms with Gasteiger partial charge in [0.25, 0.3) is 5.91 Å². The molecule has 2 rings (SSSR count). The number of benzene rings is 1. The highest BCUT2D eigenvalue weighted by Crippen LogP contribution is 2.33. The quantitative estimate of drug-likeness (QED) is 0.764. The van der Waals surface area contributed by atoms with Crippen molar-refractivity contribution in [3.63, 3.8) is 0 Å². The van der Waals surface area contributed by atoms with Gasteiger partial charge in [0.05, 0.1) is 12.1 Å². The summed E-state index contributed by atoms with van der Waals surface area (Å²) in [6.45, 7) is 0. The number of nitrogens with one attached hydrogen (secondary N) is 2. The Hall–Kier alpha value is -1.75. The van der Waals surface area contributed by atoms with Crippen molar-refractivity contribution in [1.82, 2.24) is 10.6 Å². The van der Waals surface area contributed by atoms with Gasteiger partial charge in [0.2, 0.25) is 0 Å². The fourth-order valence-electron chi connectivity index (χ4n) is 1.60. The summed E-state index contributed by atoms with van der Waals surface area (Å²) in [7, 11) is 1.48. The number of carbonyl (C=O) groups is 2. The lowest BCUT2D eigenvalue weighted by molar-refractivity contribution is -0.120. The topological polar surface area (TPSA) is 67.4 Å². The Morgan fingerprint density at radius 1 is 1.38 bits per heavy atom. The number of ether oxygens (including phenoxy) is 1. The summed E-state index contributed by atoms with van der Waals surface area (Å²) in [5.74, 6) is 0.0336. The highest BCUT2D eigenvalue weighted by Gasteiger charge is 2.34. The molecule has 0 saturated carbocycles. The molecule has 1 heterocycles. The van der Waals surface area contributed by atoms with Crippen LogP contribution < -0.4 is 15.4 Å². The first-order valence-electron chi connectivity index (χ1n) is 4.57. The average molecular weight is 241 g/mol. The third-order valence-corrected chi connectivity index (χ3v) is 2.63. The number of imide groups is 1. The Morgan fingerprint density at radius 2 is 2.12 bits per heavy atom. The zero-order chi connectivity index (χ0) is 11.7. The minimum absolute atomic E-state index is 0.377. The minimum atomic E-state index is -0.795. The molecule has 0 aliphatic carbocycles. The second-order valence-electron chi connectivity index (χ2n) is 3.25. The Bertz CT molecular complexity index is 461. The predicted molar refractivity (Wildman–Crippen MR) is 57.4 cm³/mol. The van der Waals surface area contributed by atoms with Crippen molar-refractivity contribution in [2.45, 2.75) is 6.04 Å². The first-order valence-corrected chi connectivity index (χ1v) is 4.95. The Kier molecular flexibility index (Phi) is 2.70. The Balaban J connectivity index is 2.47. The van der Waals surface area contributed by atoms with Crippen LogP contribution in [0.2, 0.25) is 5.02 Å². The van der Waals surface area contributed by atoms with Crippen LogP contribution in [0.4, 0.5) is 4.79 Å². The summed E-state index contributed by atoms with van der Waals surface area (Å²) in [6, 6.07) is 3.70. The van der Waals surface area contributed by atoms with Gasteiger partial charge in [-0.05, 0) is 12.1 Å². The van der Waals surface area contributed by atoms with E-state index in [0.717, 1.165) is 0 Å². The fourth-order valence-corrected chi connectivity index (χ4v) is 1.87. The molecule has 1 fully saturated rings. The van der Waals surface area contributed by atoms with Gasteiger partial charge in [0.1, 0.15) is 11.8 Å². The standard InChI is InChI=1S/C10H9ClN2O3/c1-16-6-4-2-3-5(11)7(6)8-9(14)13-10(15)12-8/h2-4,8H,1H3,(H2,12,13,14,15). The van der Waals surface area contributed by atoms with Gasteiger partial charge < -0.3 is 10.1 Å². The van der Waals surface area contributed by atoms with Crippen LogP contribution >= 0.6 is 11.6 Å². The van der Waals surface area contributed by atoms with Crippen molar-refractivity contribution >= 4 is 23.5 Å². The molecule has 1 aromatic carbocycles. The van der Waals surface area contributed by atoms with Gasteiger partial charge in [-0.3, -0.25) is 10.1 Å². The number of carbonyl (C=O) groups excluding carboxylic acids is 2. The molecule has 0 aromatic heterocycles. The molecule has 1 unspecified atom stereocenters. The van der Waals surface area contributed by atoms with Gasteiger partial charge in [-0.15, -0.1) is 0 Å². The molecule has 1 aliphatic rings. The molecule has 1 aromatic rings. The largest absolute Gasteiger partial charge is 0.496 e. The minimum Gasteiger partial charge on any atom is -0.496 e. The summed E-state index contributed by atoms with van der Waals surface area (Å²) in [5, 5.41) is 4.99. The molecule has 0 spiro atoms. The van der Waals surface area contributed by atoms with Crippen molar-refractivity contribution in [2.24, 2.45) is 0 Å². The van der Waals surface area contributed by atoms with E-state index in [9.17, 15) is 9.59 Å². The zero-order valence-corrected chi connectivity index (χ0v) is 9.17. The highest BCUT2D eigenvalue weighted by molar-refractivity contribution is 6.32. The second kappa shape index (κ2) is 4.02. The molecule has 1 aliphatic heterocycles. The lowest BCUT2D eigenvalue weighted by Crippen LogP contribution is -2.22. The number of halogens is 1. The Morgan fingerprint density at radius 3 is 2.69 bits per heavy atom. The molecule has 1 atom stereocenters. The lowest BCUT2D eigenvalue weighted by atomic mass is 10.1. The summed E-state index contributed by atoms with van der Waals surface area (Å²) >= 11 is 5.99. The van der Waals surface area contributed by atoms with Gasteiger partial charge in [-0.1, -0.05) is 17.7 Å². The Labute approximate surface area is 96.7 Å². The average Bonchev–Trinajstić information content (AvgIpc) is 2.57. The van der Waals surface area contributed by atoms with Crippen LogP contribution in [-0.4, -0.2) is 19.0 Å². The smallest absolute Gasteiger partial charge is 0.322 e. The van der Waals surface area contributed by atoms with Crippen molar-refractivity contribution in [2.75, 3.05) is 7.11 Å². The van der Waals surface area contributed by atoms with Crippen LogP contribution in [0.5, 0.6) is 5.75 Å². The molecule has 0 bridgehead atoms. The van der Waals surface area contributed by atoms with Crippen molar-refractivity contribution in [3.8, 4) is 5.75 Å².